The molecule has 0 amide bonds. The van der Waals surface area contributed by atoms with Gasteiger partial charge in [-0.25, -0.2) is 14.2 Å². The summed E-state index contributed by atoms with van der Waals surface area (Å²) in [6.45, 7) is 5.83. The van der Waals surface area contributed by atoms with Crippen molar-refractivity contribution in [3.05, 3.63) is 26.9 Å². The first-order valence-electron chi connectivity index (χ1n) is 7.66. The van der Waals surface area contributed by atoms with Gasteiger partial charge in [-0.1, -0.05) is 6.08 Å². The Kier molecular flexibility index (Phi) is 21.3. The Hall–Kier alpha value is -2.54. The van der Waals surface area contributed by atoms with Crippen molar-refractivity contribution in [3.63, 3.8) is 0 Å². The van der Waals surface area contributed by atoms with Gasteiger partial charge in [0.05, 0.1) is 32.5 Å². The summed E-state index contributed by atoms with van der Waals surface area (Å²) in [6, 6.07) is 0. The normalized spacial score (nSPS) is 18.6. The number of ether oxygens (including phenoxy) is 5. The maximum atomic E-state index is 9.50. The summed E-state index contributed by atoms with van der Waals surface area (Å²) in [6.07, 6.45) is 3.62. The minimum atomic E-state index is -0.692. The minimum Gasteiger partial charge on any atom is -0.569 e. The fraction of sp³-hybridized carbons (Fsp3) is 0.750. The third-order valence-electron chi connectivity index (χ3n) is 2.95. The van der Waals surface area contributed by atoms with Gasteiger partial charge in [-0.15, -0.1) is 6.58 Å². The zero-order valence-corrected chi connectivity index (χ0v) is 27.9. The molecule has 0 aliphatic carbocycles. The largest absolute Gasteiger partial charge is 0.569 e. The molecule has 0 saturated carbocycles. The molecule has 1 rings (SSSR count). The van der Waals surface area contributed by atoms with Gasteiger partial charge >= 0.3 is 0 Å². The van der Waals surface area contributed by atoms with Crippen molar-refractivity contribution in [2.24, 2.45) is 0 Å². The second kappa shape index (κ2) is 19.5. The molecule has 3 atom stereocenters. The van der Waals surface area contributed by atoms with Crippen LogP contribution in [0.15, 0.2) is 12.7 Å². The Bertz CT molecular complexity index is 267. The first-order chi connectivity index (χ1) is 11.3. The Balaban J connectivity index is -0.00000116. The summed E-state index contributed by atoms with van der Waals surface area (Å²) >= 11 is 0. The first kappa shape index (κ1) is 27.3. The van der Waals surface area contributed by atoms with Gasteiger partial charge in [-0.3, -0.25) is 0 Å². The van der Waals surface area contributed by atoms with Gasteiger partial charge < -0.3 is 33.9 Å². The van der Waals surface area contributed by atoms with Crippen LogP contribution in [0.5, 0.6) is 0 Å². The molecule has 0 aromatic heterocycles. The molecule has 142 valence electrons. The van der Waals surface area contributed by atoms with Crippen LogP contribution in [0.2, 0.25) is 0 Å². The second-order valence-electron chi connectivity index (χ2n) is 4.94. The molecule has 1 aliphatic heterocycles. The molecule has 0 aromatic rings. The van der Waals surface area contributed by atoms with Crippen molar-refractivity contribution < 1.29 is 33.9 Å². The molecule has 0 radical (unpaired) electrons. The topological polar surface area (TPSA) is 86.6 Å². The summed E-state index contributed by atoms with van der Waals surface area (Å²) in [5, 5.41) is 16.2. The second-order valence-corrected chi connectivity index (χ2v) is 4.94. The number of aliphatic hydroxyl groups excluding tert-OH is 2. The third kappa shape index (κ3) is 14.8. The molecule has 9 heteroatoms. The predicted molar refractivity (Wildman–Crippen MR) is 84.9 cm³/mol. The van der Waals surface area contributed by atoms with Gasteiger partial charge in [0.15, 0.2) is 6.29 Å². The Morgan fingerprint density at radius 3 is 2.36 bits per heavy atom. The van der Waals surface area contributed by atoms with E-state index in [9.17, 15) is 5.11 Å². The van der Waals surface area contributed by atoms with Crippen LogP contribution in [-0.4, -0.2) is 68.4 Å². The molecule has 1 saturated heterocycles. The van der Waals surface area contributed by atoms with E-state index in [1.165, 1.54) is 0 Å². The zero-order valence-electron chi connectivity index (χ0n) is 15.1. The molecule has 2 N–H and O–H groups in total. The standard InChI is InChI=1S/C15H27O6.CH3O.2Rf/c1-3-7-18-11-14(12-19-10-13(16)9-17-2)21-15-6-4-5-8-20-15;1-2;;/h3,13-16H,1-2,4-12H2;2H,1H2;;/q2*-1;;. The summed E-state index contributed by atoms with van der Waals surface area (Å²) in [7, 11) is 5.46. The van der Waals surface area contributed by atoms with Crippen LogP contribution in [0, 0.1) is 14.2 Å². The van der Waals surface area contributed by atoms with E-state index in [1.807, 2.05) is 0 Å². The molecule has 1 heterocycles. The molecule has 1 fully saturated rings. The van der Waals surface area contributed by atoms with Crippen LogP contribution in [0.3, 0.4) is 0 Å². The van der Waals surface area contributed by atoms with Gasteiger partial charge in [0.1, 0.15) is 6.10 Å². The average molecular weight is 868 g/mol. The van der Waals surface area contributed by atoms with Crippen LogP contribution in [-0.2, 0) is 23.7 Å². The van der Waals surface area contributed by atoms with Crippen LogP contribution >= 0.6 is 0 Å². The summed E-state index contributed by atoms with van der Waals surface area (Å²) in [5.41, 5.74) is 0. The minimum absolute atomic E-state index is 0. The number of aliphatic hydroxyl groups is 2. The van der Waals surface area contributed by atoms with Crippen LogP contribution in [0.4, 0.5) is 0 Å². The van der Waals surface area contributed by atoms with Crippen LogP contribution in [0.25, 0.3) is 0 Å². The zero-order chi connectivity index (χ0) is 17.3. The number of hydrogen-bond donors (Lipinski definition) is 2. The van der Waals surface area contributed by atoms with E-state index in [4.69, 9.17) is 24.1 Å². The molecule has 25 heavy (non-hydrogen) atoms. The molecule has 7 nitrogen and oxygen atoms in total. The van der Waals surface area contributed by atoms with E-state index in [1.54, 1.807) is 6.08 Å². The fourth-order valence-corrected chi connectivity index (χ4v) is 1.96. The van der Waals surface area contributed by atoms with Crippen molar-refractivity contribution in [1.82, 2.24) is 0 Å². The van der Waals surface area contributed by atoms with Gasteiger partial charge in [0, 0.05) is 13.2 Å². The van der Waals surface area contributed by atoms with E-state index < -0.39 is 6.10 Å². The molecular formula is C16H30O7Rf2-2. The van der Waals surface area contributed by atoms with Crippen molar-refractivity contribution >= 4 is 0 Å². The molecule has 3 unspecified atom stereocenters. The van der Waals surface area contributed by atoms with Gasteiger partial charge in [0.2, 0.25) is 0 Å². The molecule has 0 bridgehead atoms. The molecule has 0 aromatic carbocycles. The number of rotatable bonds is 12. The van der Waals surface area contributed by atoms with Crippen molar-refractivity contribution in [3.8, 4) is 0 Å². The van der Waals surface area contributed by atoms with E-state index in [-0.39, 0.29) is 25.6 Å². The van der Waals surface area contributed by atoms with E-state index >= 15 is 0 Å². The maximum Gasteiger partial charge on any atom is 0.158 e. The van der Waals surface area contributed by atoms with E-state index in [0.29, 0.717) is 19.8 Å². The average Bonchev–Trinajstić information content (AvgIpc) is 2.58. The molecule has 0 spiro atoms. The van der Waals surface area contributed by atoms with Crippen molar-refractivity contribution in [2.45, 2.75) is 37.8 Å². The predicted octanol–water partition coefficient (Wildman–Crippen LogP) is 1.44. The van der Waals surface area contributed by atoms with E-state index in [0.717, 1.165) is 25.9 Å². The smallest absolute Gasteiger partial charge is 0.158 e. The molecule has 1 aliphatic rings. The Morgan fingerprint density at radius 2 is 1.80 bits per heavy atom. The SMILES string of the molecule is C=CCOCC(COCC(O)CO[CH2-])OC1CCCCO1.[CH2-]O.[Rf].[Rf]. The quantitative estimate of drug-likeness (QED) is 0.175. The summed E-state index contributed by atoms with van der Waals surface area (Å²) < 4.78 is 26.8. The van der Waals surface area contributed by atoms with Gasteiger partial charge in [-0.2, -0.15) is 0 Å². The monoisotopic (exact) mass is 868 g/mol. The van der Waals surface area contributed by atoms with Crippen LogP contribution in [0.1, 0.15) is 19.3 Å². The van der Waals surface area contributed by atoms with Crippen molar-refractivity contribution in [1.29, 1.82) is 0 Å². The first-order valence-corrected chi connectivity index (χ1v) is 7.66. The maximum absolute atomic E-state index is 9.50. The van der Waals surface area contributed by atoms with Gasteiger partial charge in [0.25, 0.3) is 0 Å². The summed E-state index contributed by atoms with van der Waals surface area (Å²) in [5.74, 6) is 0. The number of hydrogen-bond acceptors (Lipinski definition) is 7. The Morgan fingerprint density at radius 1 is 1.12 bits per heavy atom. The Labute approximate surface area is 139 Å². The van der Waals surface area contributed by atoms with Crippen molar-refractivity contribution in [2.75, 3.05) is 39.6 Å². The summed E-state index contributed by atoms with van der Waals surface area (Å²) in [4.78, 5) is 0. The third-order valence-corrected chi connectivity index (χ3v) is 2.95. The van der Waals surface area contributed by atoms with Crippen LogP contribution < -0.4 is 0 Å². The van der Waals surface area contributed by atoms with Gasteiger partial charge in [-0.05, 0) is 19.3 Å². The fourth-order valence-electron chi connectivity index (χ4n) is 1.96. The molecular weight excluding hydrogens is 838 g/mol. The van der Waals surface area contributed by atoms with E-state index in [2.05, 4.69) is 25.5 Å².